The molecule has 0 fully saturated rings. The number of aromatic nitrogens is 1. The molecule has 0 aliphatic heterocycles. The standard InChI is InChI=1S/C62H41N3O/c1-2-18-46(19-3-1)65-59-24-10-8-22-53(59)56-40-49(37-39-60(56)65)63(57-25-12-16-44-14-4-6-20-51(44)57)47-32-28-42(29-33-47)43-30-34-48(35-31-43)64(58-26-13-17-45-15-5-7-21-52(45)58)50-36-38-55-54-23-9-11-27-61(54)66-62(55)41-50/h1-41H. The molecule has 0 aliphatic carbocycles. The van der Waals surface area contributed by atoms with E-state index in [1.165, 1.54) is 43.4 Å². The molecule has 2 aromatic heterocycles. The normalized spacial score (nSPS) is 11.6. The van der Waals surface area contributed by atoms with Crippen LogP contribution in [-0.4, -0.2) is 4.57 Å². The molecule has 4 nitrogen and oxygen atoms in total. The number of benzene rings is 11. The molecule has 0 radical (unpaired) electrons. The van der Waals surface area contributed by atoms with Crippen molar-refractivity contribution in [3.63, 3.8) is 0 Å². The van der Waals surface area contributed by atoms with Gasteiger partial charge in [0.2, 0.25) is 0 Å². The lowest BCUT2D eigenvalue weighted by atomic mass is 10.0. The molecule has 13 aromatic rings. The van der Waals surface area contributed by atoms with Crippen LogP contribution in [-0.2, 0) is 0 Å². The Morgan fingerprint density at radius 3 is 1.41 bits per heavy atom. The van der Waals surface area contributed by atoms with Gasteiger partial charge in [0.15, 0.2) is 0 Å². The fraction of sp³-hybridized carbons (Fsp3) is 0. The second-order valence-corrected chi connectivity index (χ2v) is 16.9. The highest BCUT2D eigenvalue weighted by Crippen LogP contribution is 2.44. The average Bonchev–Trinajstić information content (AvgIpc) is 3.93. The number of fused-ring (bicyclic) bond motifs is 8. The second-order valence-electron chi connectivity index (χ2n) is 16.9. The molecule has 4 heteroatoms. The van der Waals surface area contributed by atoms with Gasteiger partial charge in [-0.1, -0.05) is 152 Å². The number of anilines is 6. The lowest BCUT2D eigenvalue weighted by molar-refractivity contribution is 0.669. The molecule has 66 heavy (non-hydrogen) atoms. The first-order chi connectivity index (χ1) is 32.7. The molecule has 0 saturated carbocycles. The van der Waals surface area contributed by atoms with Gasteiger partial charge >= 0.3 is 0 Å². The van der Waals surface area contributed by atoms with Gasteiger partial charge in [0.05, 0.1) is 22.4 Å². The Bertz CT molecular complexity index is 3930. The van der Waals surface area contributed by atoms with Crippen molar-refractivity contribution < 1.29 is 4.42 Å². The minimum Gasteiger partial charge on any atom is -0.456 e. The maximum Gasteiger partial charge on any atom is 0.137 e. The Morgan fingerprint density at radius 1 is 0.288 bits per heavy atom. The maximum atomic E-state index is 6.41. The van der Waals surface area contributed by atoms with Crippen LogP contribution < -0.4 is 9.80 Å². The van der Waals surface area contributed by atoms with E-state index < -0.39 is 0 Å². The zero-order chi connectivity index (χ0) is 43.6. The van der Waals surface area contributed by atoms with Gasteiger partial charge < -0.3 is 18.8 Å². The van der Waals surface area contributed by atoms with Crippen molar-refractivity contribution in [3.05, 3.63) is 249 Å². The fourth-order valence-electron chi connectivity index (χ4n) is 10.1. The first kappa shape index (κ1) is 37.7. The van der Waals surface area contributed by atoms with Gasteiger partial charge in [0.1, 0.15) is 11.2 Å². The maximum absolute atomic E-state index is 6.41. The van der Waals surface area contributed by atoms with Gasteiger partial charge in [-0.3, -0.25) is 0 Å². The quantitative estimate of drug-likeness (QED) is 0.152. The molecular formula is C62H41N3O. The van der Waals surface area contributed by atoms with Gasteiger partial charge in [-0.15, -0.1) is 0 Å². The zero-order valence-corrected chi connectivity index (χ0v) is 35.9. The lowest BCUT2D eigenvalue weighted by Crippen LogP contribution is -2.10. The highest BCUT2D eigenvalue weighted by molar-refractivity contribution is 6.11. The summed E-state index contributed by atoms with van der Waals surface area (Å²) in [6.45, 7) is 0. The Kier molecular flexibility index (Phi) is 8.81. The highest BCUT2D eigenvalue weighted by atomic mass is 16.3. The van der Waals surface area contributed by atoms with Crippen LogP contribution in [0.25, 0.3) is 82.1 Å². The average molecular weight is 844 g/mol. The van der Waals surface area contributed by atoms with Crippen LogP contribution in [0.3, 0.4) is 0 Å². The number of furan rings is 1. The number of nitrogens with zero attached hydrogens (tertiary/aromatic N) is 3. The SMILES string of the molecule is c1ccc(-n2c3ccccc3c3cc(N(c4ccc(-c5ccc(N(c6ccc7c(c6)oc6ccccc67)c6cccc7ccccc67)cc5)cc4)c4cccc5ccccc45)ccc32)cc1. The number of rotatable bonds is 8. The molecule has 0 amide bonds. The van der Waals surface area contributed by atoms with Crippen LogP contribution in [0.1, 0.15) is 0 Å². The van der Waals surface area contributed by atoms with Gasteiger partial charge in [-0.05, 0) is 113 Å². The van der Waals surface area contributed by atoms with Gasteiger partial charge in [-0.25, -0.2) is 0 Å². The predicted octanol–water partition coefficient (Wildman–Crippen LogP) is 17.6. The van der Waals surface area contributed by atoms with E-state index in [2.05, 4.69) is 251 Å². The molecular weight excluding hydrogens is 803 g/mol. The van der Waals surface area contributed by atoms with Crippen molar-refractivity contribution >= 4 is 99.4 Å². The number of para-hydroxylation sites is 3. The van der Waals surface area contributed by atoms with Gasteiger partial charge in [0, 0.05) is 66.8 Å². The van der Waals surface area contributed by atoms with E-state index in [0.29, 0.717) is 0 Å². The Labute approximate surface area is 382 Å². The summed E-state index contributed by atoms with van der Waals surface area (Å²) < 4.78 is 8.78. The molecule has 0 atom stereocenters. The van der Waals surface area contributed by atoms with Crippen molar-refractivity contribution in [2.24, 2.45) is 0 Å². The molecule has 13 rings (SSSR count). The smallest absolute Gasteiger partial charge is 0.137 e. The van der Waals surface area contributed by atoms with E-state index in [1.54, 1.807) is 0 Å². The zero-order valence-electron chi connectivity index (χ0n) is 35.9. The molecule has 0 bridgehead atoms. The monoisotopic (exact) mass is 843 g/mol. The highest BCUT2D eigenvalue weighted by Gasteiger charge is 2.21. The van der Waals surface area contributed by atoms with Crippen LogP contribution in [0.15, 0.2) is 253 Å². The van der Waals surface area contributed by atoms with Crippen molar-refractivity contribution in [2.75, 3.05) is 9.80 Å². The topological polar surface area (TPSA) is 24.6 Å². The Hall–Kier alpha value is -8.86. The third-order valence-electron chi connectivity index (χ3n) is 13.1. The molecule has 310 valence electrons. The van der Waals surface area contributed by atoms with E-state index in [4.69, 9.17) is 4.42 Å². The predicted molar refractivity (Wildman–Crippen MR) is 278 cm³/mol. The summed E-state index contributed by atoms with van der Waals surface area (Å²) in [5.74, 6) is 0. The van der Waals surface area contributed by atoms with Crippen molar-refractivity contribution in [3.8, 4) is 16.8 Å². The summed E-state index contributed by atoms with van der Waals surface area (Å²) in [6.07, 6.45) is 0. The van der Waals surface area contributed by atoms with E-state index in [-0.39, 0.29) is 0 Å². The van der Waals surface area contributed by atoms with Gasteiger partial charge in [-0.2, -0.15) is 0 Å². The summed E-state index contributed by atoms with van der Waals surface area (Å²) in [6, 6.07) is 89.4. The molecule has 2 heterocycles. The van der Waals surface area contributed by atoms with Crippen molar-refractivity contribution in [1.82, 2.24) is 4.57 Å². The van der Waals surface area contributed by atoms with E-state index >= 15 is 0 Å². The summed E-state index contributed by atoms with van der Waals surface area (Å²) >= 11 is 0. The van der Waals surface area contributed by atoms with Gasteiger partial charge in [0.25, 0.3) is 0 Å². The lowest BCUT2D eigenvalue weighted by Gasteiger charge is -2.27. The Balaban J connectivity index is 0.905. The molecule has 0 spiro atoms. The van der Waals surface area contributed by atoms with Crippen molar-refractivity contribution in [1.29, 1.82) is 0 Å². The molecule has 0 aliphatic rings. The molecule has 0 saturated heterocycles. The van der Waals surface area contributed by atoms with Crippen LogP contribution in [0.4, 0.5) is 34.1 Å². The van der Waals surface area contributed by atoms with E-state index in [1.807, 2.05) is 12.1 Å². The minimum atomic E-state index is 0.868. The summed E-state index contributed by atoms with van der Waals surface area (Å²) in [5.41, 5.74) is 14.1. The minimum absolute atomic E-state index is 0.868. The molecule has 11 aromatic carbocycles. The first-order valence-corrected chi connectivity index (χ1v) is 22.5. The van der Waals surface area contributed by atoms with Crippen molar-refractivity contribution in [2.45, 2.75) is 0 Å². The molecule has 0 N–H and O–H groups in total. The second kappa shape index (κ2) is 15.4. The van der Waals surface area contributed by atoms with Crippen LogP contribution in [0.2, 0.25) is 0 Å². The summed E-state index contributed by atoms with van der Waals surface area (Å²) in [4.78, 5) is 4.75. The summed E-state index contributed by atoms with van der Waals surface area (Å²) in [7, 11) is 0. The van der Waals surface area contributed by atoms with Crippen LogP contribution >= 0.6 is 0 Å². The largest absolute Gasteiger partial charge is 0.456 e. The van der Waals surface area contributed by atoms with Crippen LogP contribution in [0.5, 0.6) is 0 Å². The summed E-state index contributed by atoms with van der Waals surface area (Å²) in [5, 5.41) is 9.45. The van der Waals surface area contributed by atoms with E-state index in [9.17, 15) is 0 Å². The number of hydrogen-bond donors (Lipinski definition) is 0. The fourth-order valence-corrected chi connectivity index (χ4v) is 10.1. The number of hydrogen-bond acceptors (Lipinski definition) is 3. The molecule has 0 unspecified atom stereocenters. The van der Waals surface area contributed by atoms with E-state index in [0.717, 1.165) is 72.9 Å². The Morgan fingerprint density at radius 2 is 0.758 bits per heavy atom. The van der Waals surface area contributed by atoms with Crippen LogP contribution in [0, 0.1) is 0 Å². The first-order valence-electron chi connectivity index (χ1n) is 22.5. The third-order valence-corrected chi connectivity index (χ3v) is 13.1. The third kappa shape index (κ3) is 6.22.